The smallest absolute Gasteiger partial charge is 0.375 e. The molecule has 8 heteroatoms. The average molecular weight is 267 g/mol. The van der Waals surface area contributed by atoms with Gasteiger partial charge in [0.15, 0.2) is 5.13 Å². The van der Waals surface area contributed by atoms with Crippen LogP contribution in [0.1, 0.15) is 24.3 Å². The lowest BCUT2D eigenvalue weighted by Crippen LogP contribution is -2.43. The summed E-state index contributed by atoms with van der Waals surface area (Å²) >= 11 is 1.02. The highest BCUT2D eigenvalue weighted by Gasteiger charge is 2.35. The predicted octanol–water partition coefficient (Wildman–Crippen LogP) is 2.14. The van der Waals surface area contributed by atoms with Crippen LogP contribution < -0.4 is 5.73 Å². The van der Waals surface area contributed by atoms with Crippen molar-refractivity contribution in [1.82, 2.24) is 9.88 Å². The second-order valence-corrected chi connectivity index (χ2v) is 4.60. The van der Waals surface area contributed by atoms with Gasteiger partial charge in [0.1, 0.15) is 12.2 Å². The van der Waals surface area contributed by atoms with Crippen LogP contribution in [0.5, 0.6) is 0 Å². The van der Waals surface area contributed by atoms with Crippen molar-refractivity contribution in [2.45, 2.75) is 26.1 Å². The Morgan fingerprint density at radius 3 is 2.53 bits per heavy atom. The molecule has 0 radical (unpaired) electrons. The molecule has 0 aliphatic rings. The van der Waals surface area contributed by atoms with Crippen molar-refractivity contribution in [2.75, 3.05) is 12.3 Å². The number of thiazole rings is 1. The predicted molar refractivity (Wildman–Crippen MR) is 58.8 cm³/mol. The average Bonchev–Trinajstić information content (AvgIpc) is 2.58. The van der Waals surface area contributed by atoms with Crippen molar-refractivity contribution in [2.24, 2.45) is 0 Å². The Labute approximate surface area is 100 Å². The van der Waals surface area contributed by atoms with Crippen molar-refractivity contribution < 1.29 is 18.0 Å². The Morgan fingerprint density at radius 2 is 2.18 bits per heavy atom. The SMILES string of the molecule is CC(C)N(CC(F)(F)F)C(=O)c1csc(N)n1. The number of aromatic nitrogens is 1. The maximum absolute atomic E-state index is 12.3. The maximum Gasteiger partial charge on any atom is 0.406 e. The van der Waals surface area contributed by atoms with Crippen molar-refractivity contribution >= 4 is 22.4 Å². The van der Waals surface area contributed by atoms with Gasteiger partial charge in [-0.25, -0.2) is 4.98 Å². The van der Waals surface area contributed by atoms with Crippen molar-refractivity contribution in [1.29, 1.82) is 0 Å². The van der Waals surface area contributed by atoms with Gasteiger partial charge in [0.25, 0.3) is 5.91 Å². The summed E-state index contributed by atoms with van der Waals surface area (Å²) in [5, 5.41) is 1.51. The Hall–Kier alpha value is -1.31. The van der Waals surface area contributed by atoms with Gasteiger partial charge in [-0.3, -0.25) is 4.79 Å². The van der Waals surface area contributed by atoms with Gasteiger partial charge in [-0.1, -0.05) is 0 Å². The normalized spacial score (nSPS) is 11.9. The zero-order chi connectivity index (χ0) is 13.2. The first kappa shape index (κ1) is 13.8. The lowest BCUT2D eigenvalue weighted by atomic mass is 10.3. The first-order valence-electron chi connectivity index (χ1n) is 4.79. The van der Waals surface area contributed by atoms with E-state index in [-0.39, 0.29) is 10.8 Å². The number of amides is 1. The highest BCUT2D eigenvalue weighted by molar-refractivity contribution is 7.13. The van der Waals surface area contributed by atoms with Crippen LogP contribution >= 0.6 is 11.3 Å². The van der Waals surface area contributed by atoms with Gasteiger partial charge in [0.05, 0.1) is 0 Å². The van der Waals surface area contributed by atoms with E-state index in [1.807, 2.05) is 0 Å². The lowest BCUT2D eigenvalue weighted by molar-refractivity contribution is -0.143. The summed E-state index contributed by atoms with van der Waals surface area (Å²) in [6, 6.07) is -0.563. The Bertz CT molecular complexity index is 402. The number of hydrogen-bond acceptors (Lipinski definition) is 4. The lowest BCUT2D eigenvalue weighted by Gasteiger charge is -2.26. The number of anilines is 1. The van der Waals surface area contributed by atoms with E-state index in [4.69, 9.17) is 5.73 Å². The molecule has 17 heavy (non-hydrogen) atoms. The number of carbonyl (C=O) groups excluding carboxylic acids is 1. The first-order valence-corrected chi connectivity index (χ1v) is 5.67. The van der Waals surface area contributed by atoms with Crippen molar-refractivity contribution in [3.05, 3.63) is 11.1 Å². The van der Waals surface area contributed by atoms with E-state index in [1.165, 1.54) is 19.2 Å². The summed E-state index contributed by atoms with van der Waals surface area (Å²) in [7, 11) is 0. The molecule has 1 heterocycles. The fraction of sp³-hybridized carbons (Fsp3) is 0.556. The maximum atomic E-state index is 12.3. The van der Waals surface area contributed by atoms with E-state index < -0.39 is 24.7 Å². The highest BCUT2D eigenvalue weighted by atomic mass is 32.1. The third-order valence-corrected chi connectivity index (χ3v) is 2.65. The molecule has 0 saturated carbocycles. The van der Waals surface area contributed by atoms with E-state index in [0.717, 1.165) is 11.3 Å². The Kier molecular flexibility index (Phi) is 3.97. The van der Waals surface area contributed by atoms with Crippen molar-refractivity contribution in [3.8, 4) is 0 Å². The number of hydrogen-bond donors (Lipinski definition) is 1. The number of nitrogen functional groups attached to an aromatic ring is 1. The van der Waals surface area contributed by atoms with E-state index in [1.54, 1.807) is 0 Å². The molecule has 2 N–H and O–H groups in total. The molecule has 1 aromatic heterocycles. The minimum absolute atomic E-state index is 0.0505. The van der Waals surface area contributed by atoms with Crippen LogP contribution in [0.25, 0.3) is 0 Å². The van der Waals surface area contributed by atoms with Crippen LogP contribution in [0.15, 0.2) is 5.38 Å². The second kappa shape index (κ2) is 4.91. The Balaban J connectivity index is 2.88. The summed E-state index contributed by atoms with van der Waals surface area (Å²) in [6.45, 7) is 1.74. The van der Waals surface area contributed by atoms with Crippen molar-refractivity contribution in [3.63, 3.8) is 0 Å². The van der Waals surface area contributed by atoms with E-state index in [0.29, 0.717) is 4.90 Å². The van der Waals surface area contributed by atoms with Gasteiger partial charge in [0.2, 0.25) is 0 Å². The molecule has 1 amide bonds. The molecule has 0 spiro atoms. The van der Waals surface area contributed by atoms with Crippen LogP contribution in [0.2, 0.25) is 0 Å². The molecule has 0 aliphatic carbocycles. The van der Waals surface area contributed by atoms with Crippen LogP contribution in [0.3, 0.4) is 0 Å². The summed E-state index contributed by atoms with van der Waals surface area (Å²) in [5.74, 6) is -0.759. The first-order chi connectivity index (χ1) is 7.70. The molecule has 0 unspecified atom stereocenters. The number of alkyl halides is 3. The van der Waals surface area contributed by atoms with Gasteiger partial charge >= 0.3 is 6.18 Å². The fourth-order valence-electron chi connectivity index (χ4n) is 1.22. The molecule has 0 fully saturated rings. The summed E-state index contributed by atoms with van der Waals surface area (Å²) < 4.78 is 36.9. The zero-order valence-electron chi connectivity index (χ0n) is 9.28. The number of halogens is 3. The number of nitrogens with two attached hydrogens (primary N) is 1. The molecular formula is C9H12F3N3OS. The monoisotopic (exact) mass is 267 g/mol. The molecule has 96 valence electrons. The quantitative estimate of drug-likeness (QED) is 0.912. The molecule has 0 aliphatic heterocycles. The standard InChI is InChI=1S/C9H12F3N3OS/c1-5(2)15(4-9(10,11)12)7(16)6-3-17-8(13)14-6/h3,5H,4H2,1-2H3,(H2,13,14). The van der Waals surface area contributed by atoms with Gasteiger partial charge in [-0.2, -0.15) is 13.2 Å². The van der Waals surface area contributed by atoms with E-state index >= 15 is 0 Å². The number of carbonyl (C=O) groups is 1. The summed E-state index contributed by atoms with van der Waals surface area (Å²) in [5.41, 5.74) is 5.28. The topological polar surface area (TPSA) is 59.2 Å². The minimum atomic E-state index is -4.43. The summed E-state index contributed by atoms with van der Waals surface area (Å²) in [4.78, 5) is 16.2. The van der Waals surface area contributed by atoms with E-state index in [9.17, 15) is 18.0 Å². The van der Waals surface area contributed by atoms with Gasteiger partial charge < -0.3 is 10.6 Å². The van der Waals surface area contributed by atoms with Gasteiger partial charge in [0, 0.05) is 11.4 Å². The van der Waals surface area contributed by atoms with Crippen LogP contribution in [0, 0.1) is 0 Å². The molecule has 1 aromatic rings. The fourth-order valence-corrected chi connectivity index (χ4v) is 1.75. The largest absolute Gasteiger partial charge is 0.406 e. The van der Waals surface area contributed by atoms with Gasteiger partial charge in [-0.15, -0.1) is 11.3 Å². The molecule has 1 rings (SSSR count). The number of nitrogens with zero attached hydrogens (tertiary/aromatic N) is 2. The minimum Gasteiger partial charge on any atom is -0.375 e. The zero-order valence-corrected chi connectivity index (χ0v) is 10.1. The van der Waals surface area contributed by atoms with Gasteiger partial charge in [-0.05, 0) is 13.8 Å². The summed E-state index contributed by atoms with van der Waals surface area (Å²) in [6.07, 6.45) is -4.43. The van der Waals surface area contributed by atoms with Crippen LogP contribution in [-0.2, 0) is 0 Å². The number of rotatable bonds is 3. The second-order valence-electron chi connectivity index (χ2n) is 3.71. The molecular weight excluding hydrogens is 255 g/mol. The molecule has 0 aromatic carbocycles. The van der Waals surface area contributed by atoms with E-state index in [2.05, 4.69) is 4.98 Å². The highest BCUT2D eigenvalue weighted by Crippen LogP contribution is 2.21. The third-order valence-electron chi connectivity index (χ3n) is 1.97. The molecule has 0 saturated heterocycles. The third kappa shape index (κ3) is 3.88. The molecule has 4 nitrogen and oxygen atoms in total. The molecule has 0 bridgehead atoms. The Morgan fingerprint density at radius 1 is 1.59 bits per heavy atom. The van der Waals surface area contributed by atoms with Crippen LogP contribution in [0.4, 0.5) is 18.3 Å². The van der Waals surface area contributed by atoms with Crippen LogP contribution in [-0.4, -0.2) is 34.6 Å². The molecule has 0 atom stereocenters.